The minimum absolute atomic E-state index is 0.193. The van der Waals surface area contributed by atoms with Crippen molar-refractivity contribution in [2.75, 3.05) is 55.0 Å². The first kappa shape index (κ1) is 135. The van der Waals surface area contributed by atoms with Crippen LogP contribution in [0.2, 0.25) is 0 Å². The molecule has 10 aromatic rings. The third-order valence-electron chi connectivity index (χ3n) is 25.8. The molecule has 13 heterocycles. The van der Waals surface area contributed by atoms with Crippen molar-refractivity contribution >= 4 is 214 Å². The predicted octanol–water partition coefficient (Wildman–Crippen LogP) is 45.5. The van der Waals surface area contributed by atoms with E-state index < -0.39 is 28.6 Å². The van der Waals surface area contributed by atoms with Crippen LogP contribution in [0.1, 0.15) is 441 Å². The summed E-state index contributed by atoms with van der Waals surface area (Å²) in [5.74, 6) is 0. The standard InChI is InChI=1S/C40H58S4.C20H28Br2S2.C20H30S2.C16H27BO2S.C10H15BrS.2C4H8O.4CH3F.2BHNS/c1-5-9-13-17-21-31-25-27-41-37(31)35-29-33(23-19-15-11-7-3)39(43-35)40-34(24-20-16-12-8-4)30-36(44-40)38-32(26-28-42-38)22-18-14-10-6-2;1-3-5-7-9-11-15-13-17(21)23-19(15)20-16(14-18(22)24-20)12-10-8-6-4-2;1-3-5-7-9-11-17-13-15-21-19(17)20-18(14-16-22-20)12-10-8-6-4-2;1-6-7-8-9-10-13-11-12-20-14(13)17-18-15(2,3)16(4,5)19-17;1-2-3-4-5-6-9-7-8-12-10(9)11;2*1-2-4-5-3-1;4*1-2;2*1-2-3/h25-30H,5-24H2,1-4H3;13-14H,3-12H2,1-2H3;13-16H,3-12H2,1-2H3;11-12H,6-10H2,1-5H3;7-8H,2-6H2,1H3;2*1-4H2;4*1H3;2*3H/i;;;;;;;4*1D;;. The van der Waals surface area contributed by atoms with Gasteiger partial charge in [0.1, 0.15) is 0 Å². The summed E-state index contributed by atoms with van der Waals surface area (Å²) in [7, 11) is 4.48. The van der Waals surface area contributed by atoms with Crippen LogP contribution in [0.15, 0.2) is 113 Å². The number of thiol groups is 2. The molecule has 0 atom stereocenters. The Morgan fingerprint density at radius 1 is 0.301 bits per heavy atom. The Bertz CT molecular complexity index is 4520. The number of hydrogen-bond acceptors (Lipinski definition) is 18. The fourth-order valence-electron chi connectivity index (χ4n) is 17.0. The van der Waals surface area contributed by atoms with E-state index in [1.807, 2.05) is 68.0 Å². The molecule has 0 bridgehead atoms. The molecule has 13 rings (SSSR count). The Hall–Kier alpha value is -1.51. The van der Waals surface area contributed by atoms with Crippen molar-refractivity contribution in [2.45, 2.75) is 455 Å². The van der Waals surface area contributed by atoms with Gasteiger partial charge in [0.2, 0.25) is 0 Å². The third-order valence-corrected chi connectivity index (χ3v) is 39.0. The van der Waals surface area contributed by atoms with Crippen molar-refractivity contribution in [3.63, 3.8) is 0 Å². The first-order valence-electron chi connectivity index (χ1n) is 57.6. The molecule has 3 fully saturated rings. The van der Waals surface area contributed by atoms with E-state index in [-0.39, 0.29) is 18.3 Å². The molecular formula is C118H188B3Br3F4N2O4S12. The van der Waals surface area contributed by atoms with Gasteiger partial charge in [-0.25, -0.2) is 0 Å². The van der Waals surface area contributed by atoms with E-state index in [1.165, 1.54) is 398 Å². The van der Waals surface area contributed by atoms with E-state index in [9.17, 15) is 17.6 Å². The SMILES string of the molecule is C1CCOC1.C1CCOC1.CCCCCCc1cc(Br)sc1-c1sc(Br)cc1CCCCCC.CCCCCCc1ccsc1-c1cc(CCCCCC)c(-c2sc(-c3sccc3CCCCCC)cc2CCCCCC)s1.CCCCCCc1ccsc1-c1sccc1CCCCCC.CCCCCCc1ccsc1B1OC(C)(C)C(C)(C)O1.CCCCCCc1ccsc1Br.[2H]CF.[2H]CF.[2H]CF.[2H]CF.[B]=NS.[B]=NS. The summed E-state index contributed by atoms with van der Waals surface area (Å²) >= 11 is 36.8. The number of alkyl halides is 4. The first-order chi connectivity index (χ1) is 72.9. The number of hydrogen-bond donors (Lipinski definition) is 2. The van der Waals surface area contributed by atoms with Gasteiger partial charge < -0.3 is 18.8 Å². The number of unbranched alkanes of at least 4 members (excludes halogenated alkanes) is 30. The van der Waals surface area contributed by atoms with E-state index in [1.54, 1.807) is 85.3 Å². The Labute approximate surface area is 973 Å². The van der Waals surface area contributed by atoms with Crippen LogP contribution in [-0.4, -0.2) is 88.6 Å². The van der Waals surface area contributed by atoms with Gasteiger partial charge in [-0.15, -0.1) is 102 Å². The molecule has 0 unspecified atom stereocenters. The predicted molar refractivity (Wildman–Crippen MR) is 678 cm³/mol. The molecule has 0 N–H and O–H groups in total. The fraction of sp³-hybridized carbons (Fsp3) is 0.661. The Morgan fingerprint density at radius 3 is 0.767 bits per heavy atom. The fourth-order valence-corrected chi connectivity index (χ4v) is 29.8. The number of halogens is 7. The second-order valence-electron chi connectivity index (χ2n) is 37.9. The maximum absolute atomic E-state index is 9.96. The Balaban J connectivity index is 0.000000915. The van der Waals surface area contributed by atoms with Crippen molar-refractivity contribution < 1.29 is 41.8 Å². The Kier molecular flexibility index (Phi) is 87.4. The number of aryl methyl sites for hydroxylation is 10. The molecule has 146 heavy (non-hydrogen) atoms. The summed E-state index contributed by atoms with van der Waals surface area (Å²) in [5.41, 5.74) is 15.0. The van der Waals surface area contributed by atoms with E-state index in [0.717, 1.165) is 32.8 Å². The average molecular weight is 2440 g/mol. The summed E-state index contributed by atoms with van der Waals surface area (Å²) in [5, 5.41) is 13.6. The summed E-state index contributed by atoms with van der Waals surface area (Å²) in [6.45, 7) is 35.4. The second-order valence-corrected chi connectivity index (χ2v) is 52.2. The summed E-state index contributed by atoms with van der Waals surface area (Å²) in [4.78, 5) is 15.4. The molecule has 10 aromatic heterocycles. The molecular weight excluding hydrogens is 2240 g/mol. The molecule has 0 saturated carbocycles. The molecule has 824 valence electrons. The molecule has 3 saturated heterocycles. The number of thiophene rings is 10. The van der Waals surface area contributed by atoms with E-state index in [0.29, 0.717) is 0 Å². The quantitative estimate of drug-likeness (QED) is 0.0173. The topological polar surface area (TPSA) is 61.6 Å². The molecule has 3 aliphatic rings. The number of ether oxygens (including phenoxy) is 2. The normalized spacial score (nSPS) is 13.1. The van der Waals surface area contributed by atoms with Gasteiger partial charge in [-0.3, -0.25) is 17.6 Å². The zero-order valence-electron chi connectivity index (χ0n) is 96.0. The van der Waals surface area contributed by atoms with Gasteiger partial charge in [0.15, 0.2) is 0 Å². The van der Waals surface area contributed by atoms with E-state index in [2.05, 4.69) is 310 Å². The van der Waals surface area contributed by atoms with Crippen LogP contribution in [-0.2, 0) is 83.0 Å². The van der Waals surface area contributed by atoms with Gasteiger partial charge in [-0.2, -0.15) is 11.3 Å². The van der Waals surface area contributed by atoms with Crippen molar-refractivity contribution in [3.8, 4) is 48.8 Å². The summed E-state index contributed by atoms with van der Waals surface area (Å²) in [6.07, 6.45) is 70.7. The van der Waals surface area contributed by atoms with Crippen LogP contribution in [0, 0.1) is 0 Å². The van der Waals surface area contributed by atoms with E-state index in [4.69, 9.17) is 24.3 Å². The van der Waals surface area contributed by atoms with Crippen LogP contribution in [0.5, 0.6) is 0 Å². The second kappa shape index (κ2) is 94.6. The molecule has 2 radical (unpaired) electrons. The van der Waals surface area contributed by atoms with Crippen LogP contribution >= 0.6 is 187 Å². The molecule has 0 amide bonds. The molecule has 28 heteroatoms. The summed E-state index contributed by atoms with van der Waals surface area (Å²) < 4.78 is 94.7. The van der Waals surface area contributed by atoms with Crippen molar-refractivity contribution in [1.29, 1.82) is 0 Å². The van der Waals surface area contributed by atoms with Crippen molar-refractivity contribution in [1.82, 2.24) is 0 Å². The van der Waals surface area contributed by atoms with E-state index >= 15 is 0 Å². The minimum atomic E-state index is -1.00. The monoisotopic (exact) mass is 2430 g/mol. The summed E-state index contributed by atoms with van der Waals surface area (Å²) in [6, 6.07) is 23.9. The van der Waals surface area contributed by atoms with Crippen LogP contribution in [0.25, 0.3) is 48.8 Å². The van der Waals surface area contributed by atoms with Gasteiger partial charge in [0.05, 0.1) is 56.7 Å². The number of nitrogens with zero attached hydrogens (tertiary/aromatic N) is 2. The van der Waals surface area contributed by atoms with Gasteiger partial charge in [-0.05, 0) is 378 Å². The molecule has 3 aliphatic heterocycles. The zero-order valence-corrected chi connectivity index (χ0v) is 107. The Morgan fingerprint density at radius 2 is 0.514 bits per heavy atom. The van der Waals surface area contributed by atoms with Crippen LogP contribution < -0.4 is 4.78 Å². The molecule has 0 aliphatic carbocycles. The van der Waals surface area contributed by atoms with Gasteiger partial charge in [0, 0.05) is 80.0 Å². The molecule has 0 aromatic carbocycles. The first-order valence-corrected chi connectivity index (χ1v) is 66.5. The van der Waals surface area contributed by atoms with Crippen LogP contribution in [0.3, 0.4) is 0 Å². The molecule has 6 nitrogen and oxygen atoms in total. The van der Waals surface area contributed by atoms with Gasteiger partial charge >= 0.3 is 56.6 Å². The maximum atomic E-state index is 9.96. The van der Waals surface area contributed by atoms with Gasteiger partial charge in [0.25, 0.3) is 0 Å². The average Bonchev–Trinajstić information content (AvgIpc) is 1.62. The number of rotatable bonds is 56. The third kappa shape index (κ3) is 59.2. The van der Waals surface area contributed by atoms with Gasteiger partial charge in [-0.1, -0.05) is 262 Å². The van der Waals surface area contributed by atoms with Crippen molar-refractivity contribution in [2.24, 2.45) is 8.60 Å². The zero-order chi connectivity index (χ0) is 111. The molecule has 0 spiro atoms. The van der Waals surface area contributed by atoms with Crippen LogP contribution in [0.4, 0.5) is 17.6 Å². The van der Waals surface area contributed by atoms with Crippen molar-refractivity contribution in [3.05, 3.63) is 160 Å².